The lowest BCUT2D eigenvalue weighted by Gasteiger charge is -2.02. The molecule has 0 radical (unpaired) electrons. The molecule has 94 valence electrons. The Morgan fingerprint density at radius 3 is 2.71 bits per heavy atom. The normalized spacial score (nSPS) is 10.6. The van der Waals surface area contributed by atoms with Crippen molar-refractivity contribution >= 4 is 11.9 Å². The topological polar surface area (TPSA) is 81.4 Å². The first-order valence-corrected chi connectivity index (χ1v) is 4.72. The fraction of sp³-hybridized carbons (Fsp3) is 0.444. The summed E-state index contributed by atoms with van der Waals surface area (Å²) in [7, 11) is 0. The average Bonchev–Trinajstić information content (AvgIpc) is 2.61. The number of ether oxygens (including phenoxy) is 1. The second kappa shape index (κ2) is 5.37. The molecule has 0 aliphatic carbocycles. The van der Waals surface area contributed by atoms with Crippen molar-refractivity contribution in [2.24, 2.45) is 0 Å². The van der Waals surface area contributed by atoms with Crippen molar-refractivity contribution in [2.45, 2.75) is 19.9 Å². The Morgan fingerprint density at radius 2 is 2.24 bits per heavy atom. The molecule has 0 aliphatic heterocycles. The number of rotatable bonds is 5. The SMILES string of the molecule is CCOC(=O)c1cc(C(=O)O)n(CC(F)F)n1. The summed E-state index contributed by atoms with van der Waals surface area (Å²) in [4.78, 5) is 22.0. The average molecular weight is 248 g/mol. The Balaban J connectivity index is 3.03. The minimum absolute atomic E-state index is 0.0863. The van der Waals surface area contributed by atoms with E-state index in [0.29, 0.717) is 4.68 Å². The second-order valence-electron chi connectivity index (χ2n) is 3.01. The molecule has 0 saturated heterocycles. The van der Waals surface area contributed by atoms with Crippen LogP contribution in [-0.2, 0) is 11.3 Å². The molecule has 0 amide bonds. The Kier molecular flexibility index (Phi) is 4.13. The van der Waals surface area contributed by atoms with Gasteiger partial charge < -0.3 is 9.84 Å². The van der Waals surface area contributed by atoms with Crippen LogP contribution < -0.4 is 0 Å². The van der Waals surface area contributed by atoms with E-state index in [9.17, 15) is 18.4 Å². The van der Waals surface area contributed by atoms with Crippen LogP contribution in [0.15, 0.2) is 6.07 Å². The Hall–Kier alpha value is -1.99. The van der Waals surface area contributed by atoms with Crippen LogP contribution in [-0.4, -0.2) is 39.9 Å². The lowest BCUT2D eigenvalue weighted by atomic mass is 10.3. The maximum absolute atomic E-state index is 12.2. The van der Waals surface area contributed by atoms with E-state index in [4.69, 9.17) is 5.11 Å². The minimum Gasteiger partial charge on any atom is -0.477 e. The Labute approximate surface area is 94.8 Å². The third-order valence-electron chi connectivity index (χ3n) is 1.79. The van der Waals surface area contributed by atoms with E-state index < -0.39 is 30.6 Å². The maximum atomic E-state index is 12.2. The first-order chi connectivity index (χ1) is 7.95. The van der Waals surface area contributed by atoms with Gasteiger partial charge >= 0.3 is 11.9 Å². The maximum Gasteiger partial charge on any atom is 0.358 e. The molecule has 0 aliphatic rings. The van der Waals surface area contributed by atoms with Gasteiger partial charge in [-0.25, -0.2) is 18.4 Å². The third-order valence-corrected chi connectivity index (χ3v) is 1.79. The lowest BCUT2D eigenvalue weighted by molar-refractivity contribution is 0.0515. The molecule has 0 fully saturated rings. The van der Waals surface area contributed by atoms with Crippen molar-refractivity contribution in [3.05, 3.63) is 17.5 Å². The number of aromatic nitrogens is 2. The summed E-state index contributed by atoms with van der Waals surface area (Å²) in [5, 5.41) is 12.2. The molecule has 1 aromatic rings. The monoisotopic (exact) mass is 248 g/mol. The molecule has 0 saturated carbocycles. The fourth-order valence-electron chi connectivity index (χ4n) is 1.16. The van der Waals surface area contributed by atoms with Crippen LogP contribution in [0.2, 0.25) is 0 Å². The molecule has 8 heteroatoms. The molecule has 1 rings (SSSR count). The summed E-state index contributed by atoms with van der Waals surface area (Å²) in [5.74, 6) is -2.28. The van der Waals surface area contributed by atoms with Gasteiger partial charge in [-0.15, -0.1) is 0 Å². The van der Waals surface area contributed by atoms with Crippen molar-refractivity contribution in [2.75, 3.05) is 6.61 Å². The molecule has 0 unspecified atom stereocenters. The molecular weight excluding hydrogens is 238 g/mol. The van der Waals surface area contributed by atoms with Gasteiger partial charge in [-0.3, -0.25) is 4.68 Å². The summed E-state index contributed by atoms with van der Waals surface area (Å²) >= 11 is 0. The molecule has 6 nitrogen and oxygen atoms in total. The fourth-order valence-corrected chi connectivity index (χ4v) is 1.16. The molecule has 0 spiro atoms. The molecule has 0 atom stereocenters. The number of esters is 1. The molecular formula is C9H10F2N2O4. The highest BCUT2D eigenvalue weighted by Gasteiger charge is 2.21. The van der Waals surface area contributed by atoms with E-state index in [2.05, 4.69) is 9.84 Å². The van der Waals surface area contributed by atoms with E-state index in [-0.39, 0.29) is 12.3 Å². The first kappa shape index (κ1) is 13.1. The van der Waals surface area contributed by atoms with Gasteiger partial charge in [0, 0.05) is 6.07 Å². The van der Waals surface area contributed by atoms with Gasteiger partial charge in [0.25, 0.3) is 6.43 Å². The number of hydrogen-bond donors (Lipinski definition) is 1. The zero-order valence-corrected chi connectivity index (χ0v) is 8.89. The van der Waals surface area contributed by atoms with Crippen LogP contribution in [0, 0.1) is 0 Å². The number of carbonyl (C=O) groups excluding carboxylic acids is 1. The Bertz CT molecular complexity index is 431. The van der Waals surface area contributed by atoms with Gasteiger partial charge in [0.05, 0.1) is 6.61 Å². The van der Waals surface area contributed by atoms with Crippen molar-refractivity contribution < 1.29 is 28.2 Å². The van der Waals surface area contributed by atoms with Crippen LogP contribution in [0.1, 0.15) is 27.9 Å². The summed E-state index contributed by atoms with van der Waals surface area (Å²) in [5.41, 5.74) is -0.779. The van der Waals surface area contributed by atoms with Crippen molar-refractivity contribution in [1.82, 2.24) is 9.78 Å². The standard InChI is InChI=1S/C9H10F2N2O4/c1-2-17-9(16)5-3-6(8(14)15)13(12-5)4-7(10)11/h3,7H,2,4H2,1H3,(H,14,15). The number of carboxylic acid groups (broad SMARTS) is 1. The van der Waals surface area contributed by atoms with Crippen molar-refractivity contribution in [3.8, 4) is 0 Å². The molecule has 17 heavy (non-hydrogen) atoms. The molecule has 1 aromatic heterocycles. The van der Waals surface area contributed by atoms with Gasteiger partial charge in [0.15, 0.2) is 5.69 Å². The summed E-state index contributed by atoms with van der Waals surface area (Å²) < 4.78 is 29.5. The third kappa shape index (κ3) is 3.23. The Morgan fingerprint density at radius 1 is 1.59 bits per heavy atom. The smallest absolute Gasteiger partial charge is 0.358 e. The van der Waals surface area contributed by atoms with Crippen LogP contribution in [0.5, 0.6) is 0 Å². The highest BCUT2D eigenvalue weighted by atomic mass is 19.3. The van der Waals surface area contributed by atoms with E-state index in [0.717, 1.165) is 6.07 Å². The summed E-state index contributed by atoms with van der Waals surface area (Å²) in [6.45, 7) is 0.760. The lowest BCUT2D eigenvalue weighted by Crippen LogP contribution is -2.15. The number of carbonyl (C=O) groups is 2. The highest BCUT2D eigenvalue weighted by molar-refractivity contribution is 5.92. The van der Waals surface area contributed by atoms with E-state index in [1.807, 2.05) is 0 Å². The van der Waals surface area contributed by atoms with Gasteiger partial charge in [0.1, 0.15) is 12.2 Å². The quantitative estimate of drug-likeness (QED) is 0.787. The second-order valence-corrected chi connectivity index (χ2v) is 3.01. The number of carboxylic acids is 1. The number of hydrogen-bond acceptors (Lipinski definition) is 4. The van der Waals surface area contributed by atoms with Gasteiger partial charge in [-0.05, 0) is 6.92 Å². The van der Waals surface area contributed by atoms with E-state index >= 15 is 0 Å². The van der Waals surface area contributed by atoms with Crippen LogP contribution in [0.25, 0.3) is 0 Å². The van der Waals surface area contributed by atoms with E-state index in [1.165, 1.54) is 0 Å². The van der Waals surface area contributed by atoms with Gasteiger partial charge in [0.2, 0.25) is 0 Å². The molecule has 0 aromatic carbocycles. The zero-order valence-electron chi connectivity index (χ0n) is 8.89. The number of alkyl halides is 2. The van der Waals surface area contributed by atoms with Gasteiger partial charge in [-0.1, -0.05) is 0 Å². The predicted molar refractivity (Wildman–Crippen MR) is 51.1 cm³/mol. The van der Waals surface area contributed by atoms with Crippen molar-refractivity contribution in [3.63, 3.8) is 0 Å². The zero-order chi connectivity index (χ0) is 13.0. The summed E-state index contributed by atoms with van der Waals surface area (Å²) in [6.07, 6.45) is -2.76. The predicted octanol–water partition coefficient (Wildman–Crippen LogP) is 1.02. The first-order valence-electron chi connectivity index (χ1n) is 4.72. The number of halogens is 2. The molecule has 0 bridgehead atoms. The van der Waals surface area contributed by atoms with Crippen LogP contribution in [0.3, 0.4) is 0 Å². The van der Waals surface area contributed by atoms with E-state index in [1.54, 1.807) is 6.92 Å². The van der Waals surface area contributed by atoms with Crippen LogP contribution >= 0.6 is 0 Å². The summed E-state index contributed by atoms with van der Waals surface area (Å²) in [6, 6.07) is 0.905. The molecule has 1 N–H and O–H groups in total. The van der Waals surface area contributed by atoms with Crippen LogP contribution in [0.4, 0.5) is 8.78 Å². The number of aromatic carboxylic acids is 1. The molecule has 1 heterocycles. The number of nitrogens with zero attached hydrogens (tertiary/aromatic N) is 2. The highest BCUT2D eigenvalue weighted by Crippen LogP contribution is 2.09. The van der Waals surface area contributed by atoms with Crippen molar-refractivity contribution in [1.29, 1.82) is 0 Å². The largest absolute Gasteiger partial charge is 0.477 e. The minimum atomic E-state index is -2.76. The van der Waals surface area contributed by atoms with Gasteiger partial charge in [-0.2, -0.15) is 5.10 Å².